The molecule has 8 nitrogen and oxygen atoms in total. The van der Waals surface area contributed by atoms with Crippen molar-refractivity contribution in [2.45, 2.75) is 64.6 Å². The van der Waals surface area contributed by atoms with Gasteiger partial charge in [0.2, 0.25) is 6.79 Å². The number of carbonyl (C=O) groups excluding carboxylic acids is 2. The van der Waals surface area contributed by atoms with Crippen molar-refractivity contribution in [3.8, 4) is 11.5 Å². The molecule has 0 spiro atoms. The maximum absolute atomic E-state index is 13.0. The van der Waals surface area contributed by atoms with Gasteiger partial charge in [-0.2, -0.15) is 0 Å². The summed E-state index contributed by atoms with van der Waals surface area (Å²) >= 11 is 0. The first-order chi connectivity index (χ1) is 18.7. The minimum absolute atomic E-state index is 0.0353. The molecule has 2 unspecified atom stereocenters. The van der Waals surface area contributed by atoms with Crippen LogP contribution in [-0.2, 0) is 19.1 Å². The summed E-state index contributed by atoms with van der Waals surface area (Å²) in [6.07, 6.45) is 7.26. The average molecular weight is 539 g/mol. The number of fused-ring (bicyclic) bond motifs is 2. The number of hydrogen-bond donors (Lipinski definition) is 2. The standard InChI is InChI=1S/C31H38O8/c1-19-7-10-26-30(2,13-11-27(33)31(26,3)17-32)22(19)16-24(21-12-14-36-29(21)35)39-28(34)6-4-5-20-8-9-23-25(15-20)38-18-37-23/h4-5,8-9,12,15,22,24,26-27,32-33H,1,6-7,10-11,13-14,16-18H2,2-3H3/b5-4+/t22-,24?,26?,27-,30+,31+/m1/s1. The zero-order valence-corrected chi connectivity index (χ0v) is 22.7. The molecule has 5 rings (SSSR count). The molecule has 2 aliphatic heterocycles. The number of ether oxygens (including phenoxy) is 4. The Morgan fingerprint density at radius 1 is 1.23 bits per heavy atom. The smallest absolute Gasteiger partial charge is 0.337 e. The third-order valence-corrected chi connectivity index (χ3v) is 9.51. The Labute approximate surface area is 229 Å². The first kappa shape index (κ1) is 27.5. The molecule has 2 saturated carbocycles. The zero-order valence-electron chi connectivity index (χ0n) is 22.7. The summed E-state index contributed by atoms with van der Waals surface area (Å²) in [6.45, 7) is 8.80. The lowest BCUT2D eigenvalue weighted by Crippen LogP contribution is -2.57. The fraction of sp³-hybridized carbons (Fsp3) is 0.548. The highest BCUT2D eigenvalue weighted by Gasteiger charge is 2.58. The van der Waals surface area contributed by atoms with Crippen molar-refractivity contribution >= 4 is 18.0 Å². The molecule has 6 atom stereocenters. The van der Waals surface area contributed by atoms with E-state index in [2.05, 4.69) is 13.5 Å². The maximum Gasteiger partial charge on any atom is 0.337 e. The van der Waals surface area contributed by atoms with Crippen molar-refractivity contribution in [1.29, 1.82) is 0 Å². The molecule has 2 aliphatic carbocycles. The predicted molar refractivity (Wildman–Crippen MR) is 144 cm³/mol. The average Bonchev–Trinajstić information content (AvgIpc) is 3.56. The van der Waals surface area contributed by atoms with Crippen molar-refractivity contribution in [3.63, 3.8) is 0 Å². The number of benzene rings is 1. The quantitative estimate of drug-likeness (QED) is 0.371. The Kier molecular flexibility index (Phi) is 7.62. The minimum Gasteiger partial charge on any atom is -0.458 e. The summed E-state index contributed by atoms with van der Waals surface area (Å²) in [6, 6.07) is 5.55. The molecule has 0 amide bonds. The van der Waals surface area contributed by atoms with Crippen LogP contribution in [0.2, 0.25) is 0 Å². The van der Waals surface area contributed by atoms with Gasteiger partial charge in [0.1, 0.15) is 12.7 Å². The fourth-order valence-electron chi connectivity index (χ4n) is 7.24. The first-order valence-corrected chi connectivity index (χ1v) is 13.7. The van der Waals surface area contributed by atoms with E-state index < -0.39 is 29.6 Å². The van der Waals surface area contributed by atoms with Gasteiger partial charge in [0.25, 0.3) is 0 Å². The fourth-order valence-corrected chi connectivity index (χ4v) is 7.24. The molecule has 8 heteroatoms. The SMILES string of the molecule is C=C1CCC2[C@](C)(CO)[C@H](O)CC[C@@]2(C)[C@@H]1CC(OC(=O)C/C=C/c1ccc2c(c1)OCO2)C1=CCOC1=O. The third kappa shape index (κ3) is 5.12. The second kappa shape index (κ2) is 10.8. The molecule has 1 aromatic carbocycles. The van der Waals surface area contributed by atoms with E-state index >= 15 is 0 Å². The van der Waals surface area contributed by atoms with Gasteiger partial charge in [-0.25, -0.2) is 4.79 Å². The molecule has 1 aromatic rings. The number of esters is 2. The number of carbonyl (C=O) groups is 2. The number of aliphatic hydroxyl groups is 2. The third-order valence-electron chi connectivity index (χ3n) is 9.51. The van der Waals surface area contributed by atoms with E-state index in [0.29, 0.717) is 29.9 Å². The van der Waals surface area contributed by atoms with Gasteiger partial charge in [0.05, 0.1) is 24.7 Å². The summed E-state index contributed by atoms with van der Waals surface area (Å²) in [5, 5.41) is 21.1. The van der Waals surface area contributed by atoms with Crippen LogP contribution < -0.4 is 9.47 Å². The van der Waals surface area contributed by atoms with Crippen LogP contribution in [-0.4, -0.2) is 54.4 Å². The van der Waals surface area contributed by atoms with Crippen LogP contribution >= 0.6 is 0 Å². The van der Waals surface area contributed by atoms with Gasteiger partial charge in [0, 0.05) is 5.41 Å². The van der Waals surface area contributed by atoms with Crippen molar-refractivity contribution in [2.75, 3.05) is 20.0 Å². The van der Waals surface area contributed by atoms with Gasteiger partial charge in [-0.15, -0.1) is 0 Å². The van der Waals surface area contributed by atoms with Crippen molar-refractivity contribution < 1.29 is 38.7 Å². The van der Waals surface area contributed by atoms with Crippen LogP contribution in [0.4, 0.5) is 0 Å². The highest BCUT2D eigenvalue weighted by Crippen LogP contribution is 2.62. The minimum atomic E-state index is -0.768. The summed E-state index contributed by atoms with van der Waals surface area (Å²) in [5.74, 6) is 0.466. The second-order valence-electron chi connectivity index (χ2n) is 11.7. The van der Waals surface area contributed by atoms with Crippen LogP contribution in [0.25, 0.3) is 6.08 Å². The Morgan fingerprint density at radius 2 is 2.03 bits per heavy atom. The van der Waals surface area contributed by atoms with Crippen LogP contribution in [0, 0.1) is 22.7 Å². The maximum atomic E-state index is 13.0. The molecule has 0 radical (unpaired) electrons. The van der Waals surface area contributed by atoms with Crippen molar-refractivity contribution in [3.05, 3.63) is 53.6 Å². The Balaban J connectivity index is 1.32. The summed E-state index contributed by atoms with van der Waals surface area (Å²) in [7, 11) is 0. The lowest BCUT2D eigenvalue weighted by Gasteiger charge is -2.60. The summed E-state index contributed by atoms with van der Waals surface area (Å²) in [4.78, 5) is 25.5. The van der Waals surface area contributed by atoms with Gasteiger partial charge in [-0.05, 0) is 73.1 Å². The van der Waals surface area contributed by atoms with Crippen LogP contribution in [0.3, 0.4) is 0 Å². The monoisotopic (exact) mass is 538 g/mol. The Bertz CT molecular complexity index is 1200. The first-order valence-electron chi connectivity index (χ1n) is 13.7. The highest BCUT2D eigenvalue weighted by molar-refractivity contribution is 5.92. The molecule has 210 valence electrons. The van der Waals surface area contributed by atoms with Crippen molar-refractivity contribution in [1.82, 2.24) is 0 Å². The molecule has 2 heterocycles. The molecule has 0 bridgehead atoms. The molecule has 4 aliphatic rings. The van der Waals surface area contributed by atoms with Crippen LogP contribution in [0.1, 0.15) is 57.9 Å². The van der Waals surface area contributed by atoms with Gasteiger partial charge in [0.15, 0.2) is 11.5 Å². The molecule has 0 saturated heterocycles. The lowest BCUT2D eigenvalue weighted by molar-refractivity contribution is -0.160. The topological polar surface area (TPSA) is 112 Å². The van der Waals surface area contributed by atoms with E-state index in [1.165, 1.54) is 0 Å². The second-order valence-corrected chi connectivity index (χ2v) is 11.7. The van der Waals surface area contributed by atoms with Gasteiger partial charge < -0.3 is 29.2 Å². The predicted octanol–water partition coefficient (Wildman–Crippen LogP) is 4.35. The van der Waals surface area contributed by atoms with E-state index in [4.69, 9.17) is 18.9 Å². The van der Waals surface area contributed by atoms with E-state index in [0.717, 1.165) is 30.4 Å². The normalized spacial score (nSPS) is 32.5. The molecule has 2 N–H and O–H groups in total. The number of hydrogen-bond acceptors (Lipinski definition) is 8. The number of aliphatic hydroxyl groups excluding tert-OH is 2. The summed E-state index contributed by atoms with van der Waals surface area (Å²) < 4.78 is 21.9. The molecule has 39 heavy (non-hydrogen) atoms. The van der Waals surface area contributed by atoms with Crippen molar-refractivity contribution in [2.24, 2.45) is 22.7 Å². The Hall–Kier alpha value is -3.10. The summed E-state index contributed by atoms with van der Waals surface area (Å²) in [5.41, 5.74) is 1.40. The zero-order chi connectivity index (χ0) is 27.8. The van der Waals surface area contributed by atoms with E-state index in [9.17, 15) is 19.8 Å². The van der Waals surface area contributed by atoms with Crippen LogP contribution in [0.15, 0.2) is 48.1 Å². The highest BCUT2D eigenvalue weighted by atomic mass is 16.7. The largest absolute Gasteiger partial charge is 0.458 e. The van der Waals surface area contributed by atoms with Gasteiger partial charge in [-0.1, -0.05) is 44.2 Å². The molecular formula is C31H38O8. The van der Waals surface area contributed by atoms with Gasteiger partial charge in [-0.3, -0.25) is 4.79 Å². The van der Waals surface area contributed by atoms with Gasteiger partial charge >= 0.3 is 11.9 Å². The lowest BCUT2D eigenvalue weighted by atomic mass is 9.46. The van der Waals surface area contributed by atoms with E-state index in [1.807, 2.05) is 31.2 Å². The molecule has 2 fully saturated rings. The van der Waals surface area contributed by atoms with Crippen LogP contribution in [0.5, 0.6) is 11.5 Å². The number of cyclic esters (lactones) is 1. The molecular weight excluding hydrogens is 500 g/mol. The molecule has 0 aromatic heterocycles. The number of allylic oxidation sites excluding steroid dienone is 1. The number of rotatable bonds is 8. The van der Waals surface area contributed by atoms with E-state index in [-0.39, 0.29) is 43.7 Å². The Morgan fingerprint density at radius 3 is 2.77 bits per heavy atom. The van der Waals surface area contributed by atoms with E-state index in [1.54, 1.807) is 12.2 Å².